The summed E-state index contributed by atoms with van der Waals surface area (Å²) in [6.45, 7) is 3.45. The summed E-state index contributed by atoms with van der Waals surface area (Å²) in [4.78, 5) is 29.0. The molecule has 6 nitrogen and oxygen atoms in total. The van der Waals surface area contributed by atoms with E-state index >= 15 is 0 Å². The van der Waals surface area contributed by atoms with Crippen molar-refractivity contribution >= 4 is 38.6 Å². The minimum absolute atomic E-state index is 0.143. The van der Waals surface area contributed by atoms with E-state index in [0.717, 1.165) is 10.2 Å². The number of amides is 1. The average molecular weight is 307 g/mol. The lowest BCUT2D eigenvalue weighted by Crippen LogP contribution is -2.41. The van der Waals surface area contributed by atoms with Gasteiger partial charge in [-0.3, -0.25) is 9.59 Å². The quantitative estimate of drug-likeness (QED) is 0.882. The van der Waals surface area contributed by atoms with Crippen LogP contribution in [-0.4, -0.2) is 39.5 Å². The van der Waals surface area contributed by atoms with Crippen LogP contribution in [0.15, 0.2) is 18.2 Å². The highest BCUT2D eigenvalue weighted by Crippen LogP contribution is 2.25. The maximum atomic E-state index is 12.5. The summed E-state index contributed by atoms with van der Waals surface area (Å²) in [5.74, 6) is -1.31. The molecule has 2 aromatic rings. The number of carbonyl (C=O) groups excluding carboxylic acids is 1. The van der Waals surface area contributed by atoms with Crippen LogP contribution in [-0.2, 0) is 4.79 Å². The summed E-state index contributed by atoms with van der Waals surface area (Å²) in [6.07, 6.45) is 0.689. The number of thiazole rings is 1. The number of aromatic nitrogens is 1. The molecule has 0 saturated carbocycles. The largest absolute Gasteiger partial charge is 0.480 e. The van der Waals surface area contributed by atoms with Gasteiger partial charge in [0, 0.05) is 11.6 Å². The SMILES string of the molecule is CCC(C)N(CC(=O)O)C(=O)c1ccc2nc(N)sc2c1. The Kier molecular flexibility index (Phi) is 4.42. The van der Waals surface area contributed by atoms with E-state index in [0.29, 0.717) is 17.1 Å². The number of aliphatic carboxylic acids is 1. The predicted molar refractivity (Wildman–Crippen MR) is 82.5 cm³/mol. The van der Waals surface area contributed by atoms with Gasteiger partial charge in [0.15, 0.2) is 5.13 Å². The molecule has 21 heavy (non-hydrogen) atoms. The second kappa shape index (κ2) is 6.09. The zero-order chi connectivity index (χ0) is 15.6. The smallest absolute Gasteiger partial charge is 0.323 e. The van der Waals surface area contributed by atoms with Gasteiger partial charge in [0.25, 0.3) is 5.91 Å². The maximum Gasteiger partial charge on any atom is 0.323 e. The summed E-state index contributed by atoms with van der Waals surface area (Å²) >= 11 is 1.30. The fraction of sp³-hybridized carbons (Fsp3) is 0.357. The monoisotopic (exact) mass is 307 g/mol. The van der Waals surface area contributed by atoms with Gasteiger partial charge in [-0.1, -0.05) is 18.3 Å². The van der Waals surface area contributed by atoms with Gasteiger partial charge in [0.1, 0.15) is 6.54 Å². The Morgan fingerprint density at radius 2 is 2.19 bits per heavy atom. The molecule has 0 aliphatic carbocycles. The van der Waals surface area contributed by atoms with Crippen LogP contribution in [0.5, 0.6) is 0 Å². The zero-order valence-electron chi connectivity index (χ0n) is 11.9. The van der Waals surface area contributed by atoms with Crippen LogP contribution < -0.4 is 5.73 Å². The molecule has 0 fully saturated rings. The van der Waals surface area contributed by atoms with Gasteiger partial charge in [0.2, 0.25) is 0 Å². The van der Waals surface area contributed by atoms with E-state index in [1.165, 1.54) is 16.2 Å². The first-order valence-electron chi connectivity index (χ1n) is 6.61. The predicted octanol–water partition coefficient (Wildman–Crippen LogP) is 2.20. The fourth-order valence-electron chi connectivity index (χ4n) is 2.04. The minimum Gasteiger partial charge on any atom is -0.480 e. The van der Waals surface area contributed by atoms with Gasteiger partial charge in [0.05, 0.1) is 10.2 Å². The molecular weight excluding hydrogens is 290 g/mol. The number of carboxylic acids is 1. The van der Waals surface area contributed by atoms with Crippen LogP contribution in [0.4, 0.5) is 5.13 Å². The number of carboxylic acid groups (broad SMARTS) is 1. The molecule has 1 amide bonds. The fourth-order valence-corrected chi connectivity index (χ4v) is 2.81. The van der Waals surface area contributed by atoms with Crippen LogP contribution in [0, 0.1) is 0 Å². The van der Waals surface area contributed by atoms with Crippen LogP contribution in [0.25, 0.3) is 10.2 Å². The van der Waals surface area contributed by atoms with Crippen LogP contribution >= 0.6 is 11.3 Å². The van der Waals surface area contributed by atoms with Gasteiger partial charge in [-0.15, -0.1) is 0 Å². The molecule has 2 rings (SSSR count). The van der Waals surface area contributed by atoms with Crippen molar-refractivity contribution < 1.29 is 14.7 Å². The van der Waals surface area contributed by atoms with Crippen molar-refractivity contribution in [3.63, 3.8) is 0 Å². The number of hydrogen-bond donors (Lipinski definition) is 2. The second-order valence-electron chi connectivity index (χ2n) is 4.82. The van der Waals surface area contributed by atoms with Crippen molar-refractivity contribution in [2.24, 2.45) is 0 Å². The number of nitrogens with zero attached hydrogens (tertiary/aromatic N) is 2. The van der Waals surface area contributed by atoms with Gasteiger partial charge in [-0.2, -0.15) is 0 Å². The van der Waals surface area contributed by atoms with E-state index in [4.69, 9.17) is 10.8 Å². The number of nitrogens with two attached hydrogens (primary N) is 1. The third-order valence-corrected chi connectivity index (χ3v) is 4.19. The van der Waals surface area contributed by atoms with E-state index in [-0.39, 0.29) is 18.5 Å². The average Bonchev–Trinajstić information content (AvgIpc) is 2.81. The van der Waals surface area contributed by atoms with Crippen molar-refractivity contribution in [2.45, 2.75) is 26.3 Å². The Bertz CT molecular complexity index is 683. The summed E-state index contributed by atoms with van der Waals surface area (Å²) in [5.41, 5.74) is 6.84. The van der Waals surface area contributed by atoms with Gasteiger partial charge >= 0.3 is 5.97 Å². The number of anilines is 1. The third-order valence-electron chi connectivity index (χ3n) is 3.34. The number of carbonyl (C=O) groups is 2. The van der Waals surface area contributed by atoms with Crippen molar-refractivity contribution in [3.05, 3.63) is 23.8 Å². The van der Waals surface area contributed by atoms with Crippen LogP contribution in [0.3, 0.4) is 0 Å². The molecule has 1 atom stereocenters. The van der Waals surface area contributed by atoms with Crippen molar-refractivity contribution in [2.75, 3.05) is 12.3 Å². The summed E-state index contributed by atoms with van der Waals surface area (Å²) in [5, 5.41) is 9.42. The molecular formula is C14H17N3O3S. The number of hydrogen-bond acceptors (Lipinski definition) is 5. The Morgan fingerprint density at radius 3 is 2.81 bits per heavy atom. The molecule has 0 spiro atoms. The highest BCUT2D eigenvalue weighted by molar-refractivity contribution is 7.22. The van der Waals surface area contributed by atoms with E-state index in [9.17, 15) is 9.59 Å². The molecule has 1 aromatic heterocycles. The Labute approximate surface area is 126 Å². The molecule has 7 heteroatoms. The molecule has 3 N–H and O–H groups in total. The summed E-state index contributed by atoms with van der Waals surface area (Å²) < 4.78 is 0.817. The highest BCUT2D eigenvalue weighted by atomic mass is 32.1. The van der Waals surface area contributed by atoms with Crippen molar-refractivity contribution in [3.8, 4) is 0 Å². The minimum atomic E-state index is -1.02. The van der Waals surface area contributed by atoms with Crippen LogP contribution in [0.1, 0.15) is 30.6 Å². The normalized spacial score (nSPS) is 12.3. The standard InChI is InChI=1S/C14H17N3O3S/c1-3-8(2)17(7-12(18)19)13(20)9-4-5-10-11(6-9)21-14(15)16-10/h4-6,8H,3,7H2,1-2H3,(H2,15,16)(H,18,19). The summed E-state index contributed by atoms with van der Waals surface area (Å²) in [6, 6.07) is 4.95. The lowest BCUT2D eigenvalue weighted by atomic mass is 10.1. The Morgan fingerprint density at radius 1 is 1.48 bits per heavy atom. The number of rotatable bonds is 5. The maximum absolute atomic E-state index is 12.5. The van der Waals surface area contributed by atoms with E-state index in [2.05, 4.69) is 4.98 Å². The molecule has 0 aliphatic rings. The van der Waals surface area contributed by atoms with Crippen molar-refractivity contribution in [1.29, 1.82) is 0 Å². The number of fused-ring (bicyclic) bond motifs is 1. The van der Waals surface area contributed by atoms with E-state index in [1.807, 2.05) is 13.8 Å². The van der Waals surface area contributed by atoms with Gasteiger partial charge in [-0.05, 0) is 31.5 Å². The molecule has 0 bridgehead atoms. The van der Waals surface area contributed by atoms with Gasteiger partial charge < -0.3 is 15.7 Å². The van der Waals surface area contributed by atoms with Crippen molar-refractivity contribution in [1.82, 2.24) is 9.88 Å². The molecule has 0 saturated heterocycles. The first-order valence-corrected chi connectivity index (χ1v) is 7.42. The Hall–Kier alpha value is -2.15. The first kappa shape index (κ1) is 15.2. The molecule has 1 unspecified atom stereocenters. The lowest BCUT2D eigenvalue weighted by molar-refractivity contribution is -0.138. The Balaban J connectivity index is 2.34. The number of benzene rings is 1. The molecule has 112 valence electrons. The topological polar surface area (TPSA) is 96.5 Å². The molecule has 0 aliphatic heterocycles. The second-order valence-corrected chi connectivity index (χ2v) is 5.88. The third kappa shape index (κ3) is 3.30. The van der Waals surface area contributed by atoms with Crippen LogP contribution in [0.2, 0.25) is 0 Å². The first-order chi connectivity index (χ1) is 9.92. The molecule has 1 aromatic carbocycles. The lowest BCUT2D eigenvalue weighted by Gasteiger charge is -2.27. The zero-order valence-corrected chi connectivity index (χ0v) is 12.7. The van der Waals surface area contributed by atoms with Gasteiger partial charge in [-0.25, -0.2) is 4.98 Å². The van der Waals surface area contributed by atoms with E-state index < -0.39 is 5.97 Å². The number of nitrogen functional groups attached to an aromatic ring is 1. The highest BCUT2D eigenvalue weighted by Gasteiger charge is 2.23. The summed E-state index contributed by atoms with van der Waals surface area (Å²) in [7, 11) is 0. The van der Waals surface area contributed by atoms with E-state index in [1.54, 1.807) is 18.2 Å². The molecule has 0 radical (unpaired) electrons. The molecule has 1 heterocycles.